The van der Waals surface area contributed by atoms with E-state index in [-0.39, 0.29) is 5.82 Å². The number of rotatable bonds is 3. The maximum absolute atomic E-state index is 13.4. The van der Waals surface area contributed by atoms with Crippen LogP contribution in [0.25, 0.3) is 10.9 Å². The molecule has 0 radical (unpaired) electrons. The van der Waals surface area contributed by atoms with Crippen LogP contribution in [0.2, 0.25) is 0 Å². The summed E-state index contributed by atoms with van der Waals surface area (Å²) < 4.78 is 19.8. The first-order valence-electron chi connectivity index (χ1n) is 6.24. The van der Waals surface area contributed by atoms with Gasteiger partial charge in [0.1, 0.15) is 11.6 Å². The number of aromatic nitrogens is 2. The van der Waals surface area contributed by atoms with Crippen molar-refractivity contribution >= 4 is 32.8 Å². The molecule has 3 rings (SSSR count). The van der Waals surface area contributed by atoms with E-state index in [1.807, 2.05) is 24.3 Å². The van der Waals surface area contributed by atoms with Gasteiger partial charge in [-0.15, -0.1) is 0 Å². The summed E-state index contributed by atoms with van der Waals surface area (Å²) in [6.07, 6.45) is 0. The monoisotopic (exact) mass is 347 g/mol. The van der Waals surface area contributed by atoms with Crippen molar-refractivity contribution in [2.45, 2.75) is 0 Å². The SMILES string of the molecule is CNc1nc(Oc2cc(F)cc(Br)c2)c2ccccc2n1. The molecular weight excluding hydrogens is 337 g/mol. The van der Waals surface area contributed by atoms with E-state index in [9.17, 15) is 4.39 Å². The van der Waals surface area contributed by atoms with Crippen molar-refractivity contribution in [1.82, 2.24) is 9.97 Å². The van der Waals surface area contributed by atoms with E-state index >= 15 is 0 Å². The Hall–Kier alpha value is -2.21. The molecule has 0 spiro atoms. The molecule has 1 heterocycles. The molecule has 1 aromatic heterocycles. The van der Waals surface area contributed by atoms with E-state index in [0.717, 1.165) is 10.9 Å². The zero-order valence-corrected chi connectivity index (χ0v) is 12.7. The molecule has 0 saturated carbocycles. The van der Waals surface area contributed by atoms with Gasteiger partial charge in [0.2, 0.25) is 11.8 Å². The third kappa shape index (κ3) is 2.95. The predicted octanol–water partition coefficient (Wildman–Crippen LogP) is 4.37. The average Bonchev–Trinajstić information content (AvgIpc) is 2.46. The van der Waals surface area contributed by atoms with Gasteiger partial charge in [-0.05, 0) is 24.3 Å². The number of nitrogens with one attached hydrogen (secondary N) is 1. The molecule has 4 nitrogen and oxygen atoms in total. The quantitative estimate of drug-likeness (QED) is 0.764. The topological polar surface area (TPSA) is 47.0 Å². The van der Waals surface area contributed by atoms with Gasteiger partial charge in [-0.25, -0.2) is 9.37 Å². The zero-order valence-electron chi connectivity index (χ0n) is 11.1. The molecule has 0 aliphatic carbocycles. The Kier molecular flexibility index (Phi) is 3.70. The lowest BCUT2D eigenvalue weighted by atomic mass is 10.2. The van der Waals surface area contributed by atoms with Crippen LogP contribution in [-0.4, -0.2) is 17.0 Å². The Morgan fingerprint density at radius 1 is 1.14 bits per heavy atom. The number of fused-ring (bicyclic) bond motifs is 1. The van der Waals surface area contributed by atoms with E-state index in [1.165, 1.54) is 12.1 Å². The third-order valence-corrected chi connectivity index (χ3v) is 3.30. The fraction of sp³-hybridized carbons (Fsp3) is 0.0667. The molecule has 0 amide bonds. The second-order valence-corrected chi connectivity index (χ2v) is 5.24. The van der Waals surface area contributed by atoms with Crippen molar-refractivity contribution in [2.75, 3.05) is 12.4 Å². The van der Waals surface area contributed by atoms with Crippen molar-refractivity contribution in [3.05, 3.63) is 52.8 Å². The maximum Gasteiger partial charge on any atom is 0.231 e. The fourth-order valence-corrected chi connectivity index (χ4v) is 2.38. The molecule has 2 aromatic carbocycles. The summed E-state index contributed by atoms with van der Waals surface area (Å²) in [5.41, 5.74) is 0.752. The second-order valence-electron chi connectivity index (χ2n) is 4.33. The molecule has 0 saturated heterocycles. The van der Waals surface area contributed by atoms with Crippen LogP contribution in [0.1, 0.15) is 0 Å². The fourth-order valence-electron chi connectivity index (χ4n) is 1.94. The Balaban J connectivity index is 2.10. The number of halogens is 2. The molecule has 0 aliphatic rings. The van der Waals surface area contributed by atoms with Crippen LogP contribution < -0.4 is 10.1 Å². The summed E-state index contributed by atoms with van der Waals surface area (Å²) in [5, 5.41) is 3.64. The molecular formula is C15H11BrFN3O. The van der Waals surface area contributed by atoms with Crippen LogP contribution in [0.15, 0.2) is 46.9 Å². The molecule has 21 heavy (non-hydrogen) atoms. The lowest BCUT2D eigenvalue weighted by Crippen LogP contribution is -1.99. The van der Waals surface area contributed by atoms with Gasteiger partial charge in [0.25, 0.3) is 0 Å². The molecule has 6 heteroatoms. The van der Waals surface area contributed by atoms with Gasteiger partial charge in [0, 0.05) is 17.6 Å². The minimum absolute atomic E-state index is 0.368. The lowest BCUT2D eigenvalue weighted by molar-refractivity contribution is 0.463. The highest BCUT2D eigenvalue weighted by molar-refractivity contribution is 9.10. The number of ether oxygens (including phenoxy) is 1. The highest BCUT2D eigenvalue weighted by atomic mass is 79.9. The molecule has 1 N–H and O–H groups in total. The highest BCUT2D eigenvalue weighted by Gasteiger charge is 2.10. The molecule has 106 valence electrons. The number of para-hydroxylation sites is 1. The molecule has 3 aromatic rings. The molecule has 0 atom stereocenters. The van der Waals surface area contributed by atoms with Gasteiger partial charge in [0.05, 0.1) is 10.9 Å². The van der Waals surface area contributed by atoms with Crippen molar-refractivity contribution in [3.63, 3.8) is 0 Å². The first-order chi connectivity index (χ1) is 10.2. The summed E-state index contributed by atoms with van der Waals surface area (Å²) in [6.45, 7) is 0. The summed E-state index contributed by atoms with van der Waals surface area (Å²) in [7, 11) is 1.73. The first kappa shape index (κ1) is 13.8. The van der Waals surface area contributed by atoms with Crippen molar-refractivity contribution in [1.29, 1.82) is 0 Å². The molecule has 0 fully saturated rings. The van der Waals surface area contributed by atoms with Gasteiger partial charge in [-0.1, -0.05) is 28.1 Å². The molecule has 0 aliphatic heterocycles. The van der Waals surface area contributed by atoms with Crippen molar-refractivity contribution < 1.29 is 9.13 Å². The summed E-state index contributed by atoms with van der Waals surface area (Å²) in [5.74, 6) is 0.806. The minimum atomic E-state index is -0.383. The van der Waals surface area contributed by atoms with Crippen LogP contribution in [0.4, 0.5) is 10.3 Å². The highest BCUT2D eigenvalue weighted by Crippen LogP contribution is 2.30. The van der Waals surface area contributed by atoms with E-state index < -0.39 is 0 Å². The van der Waals surface area contributed by atoms with Crippen LogP contribution >= 0.6 is 15.9 Å². The number of hydrogen-bond acceptors (Lipinski definition) is 4. The summed E-state index contributed by atoms with van der Waals surface area (Å²) >= 11 is 3.24. The van der Waals surface area contributed by atoms with Crippen LogP contribution in [0.3, 0.4) is 0 Å². The van der Waals surface area contributed by atoms with E-state index in [4.69, 9.17) is 4.74 Å². The Labute approximate surface area is 129 Å². The normalized spacial score (nSPS) is 10.6. The Morgan fingerprint density at radius 2 is 1.95 bits per heavy atom. The maximum atomic E-state index is 13.4. The van der Waals surface area contributed by atoms with E-state index in [2.05, 4.69) is 31.2 Å². The molecule has 0 unspecified atom stereocenters. The number of anilines is 1. The smallest absolute Gasteiger partial charge is 0.231 e. The summed E-state index contributed by atoms with van der Waals surface area (Å²) in [6, 6.07) is 11.8. The van der Waals surface area contributed by atoms with Crippen LogP contribution in [0.5, 0.6) is 11.6 Å². The van der Waals surface area contributed by atoms with Crippen LogP contribution in [0, 0.1) is 5.82 Å². The van der Waals surface area contributed by atoms with Gasteiger partial charge in [-0.3, -0.25) is 0 Å². The third-order valence-electron chi connectivity index (χ3n) is 2.84. The van der Waals surface area contributed by atoms with Gasteiger partial charge >= 0.3 is 0 Å². The number of hydrogen-bond donors (Lipinski definition) is 1. The second kappa shape index (κ2) is 5.65. The van der Waals surface area contributed by atoms with Gasteiger partial charge in [-0.2, -0.15) is 4.98 Å². The van der Waals surface area contributed by atoms with E-state index in [0.29, 0.717) is 22.1 Å². The van der Waals surface area contributed by atoms with E-state index in [1.54, 1.807) is 13.1 Å². The van der Waals surface area contributed by atoms with Gasteiger partial charge < -0.3 is 10.1 Å². The predicted molar refractivity (Wildman–Crippen MR) is 83.3 cm³/mol. The Morgan fingerprint density at radius 3 is 2.71 bits per heavy atom. The Bertz CT molecular complexity index is 790. The number of nitrogens with zero attached hydrogens (tertiary/aromatic N) is 2. The average molecular weight is 348 g/mol. The zero-order chi connectivity index (χ0) is 14.8. The molecule has 0 bridgehead atoms. The largest absolute Gasteiger partial charge is 0.438 e. The first-order valence-corrected chi connectivity index (χ1v) is 7.03. The minimum Gasteiger partial charge on any atom is -0.438 e. The van der Waals surface area contributed by atoms with Crippen molar-refractivity contribution in [2.24, 2.45) is 0 Å². The van der Waals surface area contributed by atoms with Gasteiger partial charge in [0.15, 0.2) is 0 Å². The lowest BCUT2D eigenvalue weighted by Gasteiger charge is -2.10. The number of benzene rings is 2. The standard InChI is InChI=1S/C15H11BrFN3O/c1-18-15-19-13-5-3-2-4-12(13)14(20-15)21-11-7-9(16)6-10(17)8-11/h2-8H,1H3,(H,18,19,20). The van der Waals surface area contributed by atoms with Crippen molar-refractivity contribution in [3.8, 4) is 11.6 Å². The summed E-state index contributed by atoms with van der Waals surface area (Å²) in [4.78, 5) is 8.64. The van der Waals surface area contributed by atoms with Crippen LogP contribution in [-0.2, 0) is 0 Å².